The van der Waals surface area contributed by atoms with Crippen molar-refractivity contribution in [2.24, 2.45) is 5.92 Å². The van der Waals surface area contributed by atoms with E-state index in [1.807, 2.05) is 18.2 Å². The molecular formula is C18H17ClN2O2. The van der Waals surface area contributed by atoms with Gasteiger partial charge < -0.3 is 10.6 Å². The Labute approximate surface area is 139 Å². The number of hydrogen-bond acceptors (Lipinski definition) is 2. The van der Waals surface area contributed by atoms with Gasteiger partial charge in [0.1, 0.15) is 0 Å². The van der Waals surface area contributed by atoms with E-state index in [2.05, 4.69) is 10.6 Å². The van der Waals surface area contributed by atoms with Crippen LogP contribution in [0.1, 0.15) is 24.4 Å². The number of halogens is 1. The average Bonchev–Trinajstić information content (AvgIpc) is 3.39. The number of hydrogen-bond donors (Lipinski definition) is 2. The summed E-state index contributed by atoms with van der Waals surface area (Å²) in [6.45, 7) is 0. The number of carbonyl (C=O) groups excluding carboxylic acids is 2. The maximum Gasteiger partial charge on any atom is 0.313 e. The molecule has 5 heteroatoms. The van der Waals surface area contributed by atoms with Gasteiger partial charge in [0, 0.05) is 10.7 Å². The van der Waals surface area contributed by atoms with E-state index < -0.39 is 11.8 Å². The molecule has 3 rings (SSSR count). The molecule has 0 spiro atoms. The fourth-order valence-corrected chi connectivity index (χ4v) is 2.62. The van der Waals surface area contributed by atoms with Crippen LogP contribution >= 0.6 is 11.6 Å². The SMILES string of the molecule is O=C(Nc1ccccc1)C(=O)NC(c1ccc(Cl)cc1)C1CC1. The highest BCUT2D eigenvalue weighted by molar-refractivity contribution is 6.39. The molecule has 2 aromatic rings. The minimum absolute atomic E-state index is 0.152. The zero-order valence-corrected chi connectivity index (χ0v) is 13.2. The molecule has 0 bridgehead atoms. The number of anilines is 1. The smallest absolute Gasteiger partial charge is 0.313 e. The van der Waals surface area contributed by atoms with Crippen LogP contribution in [0.4, 0.5) is 5.69 Å². The highest BCUT2D eigenvalue weighted by Crippen LogP contribution is 2.41. The first kappa shape index (κ1) is 15.6. The zero-order valence-electron chi connectivity index (χ0n) is 12.5. The Kier molecular flexibility index (Phi) is 4.63. The number of benzene rings is 2. The lowest BCUT2D eigenvalue weighted by Crippen LogP contribution is -2.38. The molecule has 0 aromatic heterocycles. The lowest BCUT2D eigenvalue weighted by Gasteiger charge is -2.18. The largest absolute Gasteiger partial charge is 0.341 e. The van der Waals surface area contributed by atoms with Crippen molar-refractivity contribution in [3.63, 3.8) is 0 Å². The fourth-order valence-electron chi connectivity index (χ4n) is 2.49. The summed E-state index contributed by atoms with van der Waals surface area (Å²) in [6.07, 6.45) is 2.10. The van der Waals surface area contributed by atoms with Crippen LogP contribution in [0, 0.1) is 5.92 Å². The summed E-state index contributed by atoms with van der Waals surface area (Å²) in [5.41, 5.74) is 1.57. The first-order valence-corrected chi connectivity index (χ1v) is 7.93. The second-order valence-corrected chi connectivity index (χ2v) is 6.10. The molecule has 118 valence electrons. The number of amides is 2. The topological polar surface area (TPSA) is 58.2 Å². The van der Waals surface area contributed by atoms with E-state index >= 15 is 0 Å². The lowest BCUT2D eigenvalue weighted by molar-refractivity contribution is -0.136. The third-order valence-corrected chi connectivity index (χ3v) is 4.10. The highest BCUT2D eigenvalue weighted by Gasteiger charge is 2.34. The van der Waals surface area contributed by atoms with Gasteiger partial charge in [-0.1, -0.05) is 41.9 Å². The normalized spacial score (nSPS) is 14.8. The summed E-state index contributed by atoms with van der Waals surface area (Å²) in [7, 11) is 0. The van der Waals surface area contributed by atoms with Crippen LogP contribution in [0.5, 0.6) is 0 Å². The Morgan fingerprint density at radius 3 is 2.22 bits per heavy atom. The molecule has 0 heterocycles. The highest BCUT2D eigenvalue weighted by atomic mass is 35.5. The van der Waals surface area contributed by atoms with Crippen LogP contribution < -0.4 is 10.6 Å². The van der Waals surface area contributed by atoms with E-state index in [9.17, 15) is 9.59 Å². The van der Waals surface area contributed by atoms with E-state index in [-0.39, 0.29) is 6.04 Å². The molecule has 1 atom stereocenters. The zero-order chi connectivity index (χ0) is 16.2. The first-order valence-electron chi connectivity index (χ1n) is 7.56. The molecule has 2 aromatic carbocycles. The fraction of sp³-hybridized carbons (Fsp3) is 0.222. The third kappa shape index (κ3) is 4.11. The number of rotatable bonds is 4. The summed E-state index contributed by atoms with van der Waals surface area (Å²) in [5, 5.41) is 6.09. The minimum atomic E-state index is -0.657. The molecule has 1 unspecified atom stereocenters. The van der Waals surface area contributed by atoms with Gasteiger partial charge in [-0.05, 0) is 48.6 Å². The van der Waals surface area contributed by atoms with Crippen molar-refractivity contribution in [2.45, 2.75) is 18.9 Å². The predicted octanol–water partition coefficient (Wildman–Crippen LogP) is 3.55. The van der Waals surface area contributed by atoms with Crippen LogP contribution in [0.25, 0.3) is 0 Å². The number of carbonyl (C=O) groups is 2. The van der Waals surface area contributed by atoms with Gasteiger partial charge in [-0.25, -0.2) is 0 Å². The van der Waals surface area contributed by atoms with Crippen LogP contribution in [-0.4, -0.2) is 11.8 Å². The Bertz CT molecular complexity index is 697. The predicted molar refractivity (Wildman–Crippen MR) is 90.1 cm³/mol. The van der Waals surface area contributed by atoms with Crippen molar-refractivity contribution < 1.29 is 9.59 Å². The first-order chi connectivity index (χ1) is 11.1. The summed E-state index contributed by atoms with van der Waals surface area (Å²) in [4.78, 5) is 24.2. The molecule has 1 aliphatic carbocycles. The molecular weight excluding hydrogens is 312 g/mol. The molecule has 2 N–H and O–H groups in total. The van der Waals surface area contributed by atoms with E-state index in [4.69, 9.17) is 11.6 Å². The van der Waals surface area contributed by atoms with Gasteiger partial charge in [0.05, 0.1) is 6.04 Å². The van der Waals surface area contributed by atoms with Crippen LogP contribution in [0.15, 0.2) is 54.6 Å². The lowest BCUT2D eigenvalue weighted by atomic mass is 10.0. The van der Waals surface area contributed by atoms with Crippen LogP contribution in [0.3, 0.4) is 0 Å². The quantitative estimate of drug-likeness (QED) is 0.843. The van der Waals surface area contributed by atoms with Crippen molar-refractivity contribution >= 4 is 29.1 Å². The van der Waals surface area contributed by atoms with Gasteiger partial charge in [-0.2, -0.15) is 0 Å². The van der Waals surface area contributed by atoms with Crippen molar-refractivity contribution in [1.29, 1.82) is 0 Å². The van der Waals surface area contributed by atoms with Crippen molar-refractivity contribution in [3.05, 3.63) is 65.2 Å². The van der Waals surface area contributed by atoms with Gasteiger partial charge in [-0.15, -0.1) is 0 Å². The maximum atomic E-state index is 12.2. The molecule has 1 aliphatic rings. The van der Waals surface area contributed by atoms with E-state index in [1.54, 1.807) is 36.4 Å². The molecule has 4 nitrogen and oxygen atoms in total. The number of nitrogens with one attached hydrogen (secondary N) is 2. The van der Waals surface area contributed by atoms with Gasteiger partial charge in [0.25, 0.3) is 0 Å². The average molecular weight is 329 g/mol. The Morgan fingerprint density at radius 1 is 0.957 bits per heavy atom. The van der Waals surface area contributed by atoms with Crippen molar-refractivity contribution in [3.8, 4) is 0 Å². The molecule has 23 heavy (non-hydrogen) atoms. The second kappa shape index (κ2) is 6.84. The Balaban J connectivity index is 1.66. The summed E-state index contributed by atoms with van der Waals surface area (Å²) < 4.78 is 0. The molecule has 1 fully saturated rings. The van der Waals surface area contributed by atoms with Gasteiger partial charge in [0.2, 0.25) is 0 Å². The van der Waals surface area contributed by atoms with Crippen molar-refractivity contribution in [2.75, 3.05) is 5.32 Å². The molecule has 0 radical (unpaired) electrons. The number of para-hydroxylation sites is 1. The Hall–Kier alpha value is -2.33. The van der Waals surface area contributed by atoms with E-state index in [1.165, 1.54) is 0 Å². The third-order valence-electron chi connectivity index (χ3n) is 3.85. The summed E-state index contributed by atoms with van der Waals surface area (Å²) in [5.74, 6) is -0.902. The maximum absolute atomic E-state index is 12.2. The van der Waals surface area contributed by atoms with Crippen LogP contribution in [-0.2, 0) is 9.59 Å². The minimum Gasteiger partial charge on any atom is -0.341 e. The molecule has 0 saturated heterocycles. The van der Waals surface area contributed by atoms with Crippen molar-refractivity contribution in [1.82, 2.24) is 5.32 Å². The van der Waals surface area contributed by atoms with Crippen LogP contribution in [0.2, 0.25) is 5.02 Å². The van der Waals surface area contributed by atoms with Gasteiger partial charge in [-0.3, -0.25) is 9.59 Å². The van der Waals surface area contributed by atoms with Gasteiger partial charge in [0.15, 0.2) is 0 Å². The monoisotopic (exact) mass is 328 g/mol. The van der Waals surface area contributed by atoms with E-state index in [0.29, 0.717) is 16.6 Å². The molecule has 2 amide bonds. The molecule has 1 saturated carbocycles. The standard InChI is InChI=1S/C18H17ClN2O2/c19-14-10-8-13(9-11-14)16(12-6-7-12)21-18(23)17(22)20-15-4-2-1-3-5-15/h1-5,8-12,16H,6-7H2,(H,20,22)(H,21,23). The van der Waals surface area contributed by atoms with Gasteiger partial charge >= 0.3 is 11.8 Å². The Morgan fingerprint density at radius 2 is 1.61 bits per heavy atom. The molecule has 0 aliphatic heterocycles. The summed E-state index contributed by atoms with van der Waals surface area (Å²) in [6, 6.07) is 16.1. The second-order valence-electron chi connectivity index (χ2n) is 5.66. The van der Waals surface area contributed by atoms with E-state index in [0.717, 1.165) is 18.4 Å². The summed E-state index contributed by atoms with van der Waals surface area (Å²) >= 11 is 5.91.